The lowest BCUT2D eigenvalue weighted by atomic mass is 9.87. The van der Waals surface area contributed by atoms with Crippen molar-refractivity contribution in [3.8, 4) is 12.3 Å². The fourth-order valence-electron chi connectivity index (χ4n) is 3.29. The summed E-state index contributed by atoms with van der Waals surface area (Å²) in [5.41, 5.74) is 1.39. The van der Waals surface area contributed by atoms with Gasteiger partial charge in [-0.3, -0.25) is 14.5 Å². The van der Waals surface area contributed by atoms with Gasteiger partial charge < -0.3 is 5.11 Å². The summed E-state index contributed by atoms with van der Waals surface area (Å²) in [6.07, 6.45) is 5.04. The lowest BCUT2D eigenvalue weighted by Crippen LogP contribution is -2.42. The number of terminal acetylenes is 1. The Bertz CT molecular complexity index is 910. The number of aryl methyl sites for hydroxylation is 2. The Balaban J connectivity index is 2.01. The number of Topliss-reactive ketones (excluding diaryl/α,β-unsaturated/α-hetero) is 1. The number of carbonyl (C=O) groups is 2. The molecule has 1 aliphatic rings. The number of anilines is 1. The van der Waals surface area contributed by atoms with Crippen LogP contribution in [0.2, 0.25) is 0 Å². The highest BCUT2D eigenvalue weighted by atomic mass is 16.3. The molecule has 1 N–H and O–H groups in total. The van der Waals surface area contributed by atoms with Crippen molar-refractivity contribution in [3.05, 3.63) is 64.7 Å². The average molecular weight is 333 g/mol. The molecule has 1 amide bonds. The van der Waals surface area contributed by atoms with E-state index in [9.17, 15) is 14.7 Å². The zero-order valence-electron chi connectivity index (χ0n) is 14.2. The Labute approximate surface area is 147 Å². The summed E-state index contributed by atoms with van der Waals surface area (Å²) in [6, 6.07) is 12.5. The number of benzene rings is 2. The highest BCUT2D eigenvalue weighted by Gasteiger charge is 2.50. The molecule has 1 heterocycles. The van der Waals surface area contributed by atoms with Crippen molar-refractivity contribution in [2.75, 3.05) is 11.4 Å². The van der Waals surface area contributed by atoms with Crippen molar-refractivity contribution in [1.82, 2.24) is 0 Å². The van der Waals surface area contributed by atoms with E-state index in [4.69, 9.17) is 6.42 Å². The molecule has 3 rings (SSSR count). The van der Waals surface area contributed by atoms with Gasteiger partial charge in [0.15, 0.2) is 11.4 Å². The minimum atomic E-state index is -1.89. The Kier molecular flexibility index (Phi) is 4.20. The Morgan fingerprint density at radius 2 is 1.96 bits per heavy atom. The zero-order valence-corrected chi connectivity index (χ0v) is 14.2. The predicted octanol–water partition coefficient (Wildman–Crippen LogP) is 2.74. The molecule has 4 nitrogen and oxygen atoms in total. The van der Waals surface area contributed by atoms with Gasteiger partial charge in [-0.2, -0.15) is 0 Å². The molecule has 126 valence electrons. The van der Waals surface area contributed by atoms with Crippen LogP contribution >= 0.6 is 0 Å². The molecular weight excluding hydrogens is 314 g/mol. The number of hydrogen-bond acceptors (Lipinski definition) is 3. The van der Waals surface area contributed by atoms with Gasteiger partial charge in [0.2, 0.25) is 0 Å². The minimum Gasteiger partial charge on any atom is -0.375 e. The summed E-state index contributed by atoms with van der Waals surface area (Å²) in [6.45, 7) is 3.79. The number of nitrogens with zero attached hydrogens (tertiary/aromatic N) is 1. The van der Waals surface area contributed by atoms with Crippen LogP contribution in [0, 0.1) is 26.2 Å². The molecule has 0 bridgehead atoms. The molecule has 0 spiro atoms. The van der Waals surface area contributed by atoms with E-state index in [1.54, 1.807) is 30.3 Å². The van der Waals surface area contributed by atoms with Crippen LogP contribution in [0.4, 0.5) is 5.69 Å². The normalized spacial score (nSPS) is 18.8. The first kappa shape index (κ1) is 16.9. The van der Waals surface area contributed by atoms with Crippen molar-refractivity contribution >= 4 is 17.4 Å². The molecule has 0 radical (unpaired) electrons. The maximum absolute atomic E-state index is 12.8. The second-order valence-corrected chi connectivity index (χ2v) is 6.39. The lowest BCUT2D eigenvalue weighted by molar-refractivity contribution is -0.135. The molecule has 2 aromatic rings. The molecular formula is C21H19NO3. The lowest BCUT2D eigenvalue weighted by Gasteiger charge is -2.22. The molecule has 1 atom stereocenters. The van der Waals surface area contributed by atoms with E-state index in [0.29, 0.717) is 16.8 Å². The van der Waals surface area contributed by atoms with Gasteiger partial charge in [0.05, 0.1) is 18.7 Å². The maximum Gasteiger partial charge on any atom is 0.265 e. The first-order valence-electron chi connectivity index (χ1n) is 8.06. The minimum absolute atomic E-state index is 0.0514. The Hall–Kier alpha value is -2.90. The summed E-state index contributed by atoms with van der Waals surface area (Å²) in [4.78, 5) is 27.0. The van der Waals surface area contributed by atoms with Crippen LogP contribution in [0.15, 0.2) is 42.5 Å². The molecule has 25 heavy (non-hydrogen) atoms. The summed E-state index contributed by atoms with van der Waals surface area (Å²) < 4.78 is 0. The quantitative estimate of drug-likeness (QED) is 0.691. The summed E-state index contributed by atoms with van der Waals surface area (Å²) in [5, 5.41) is 11.1. The van der Waals surface area contributed by atoms with Crippen LogP contribution in [0.25, 0.3) is 0 Å². The van der Waals surface area contributed by atoms with E-state index in [0.717, 1.165) is 11.1 Å². The van der Waals surface area contributed by atoms with Gasteiger partial charge in [-0.25, -0.2) is 0 Å². The van der Waals surface area contributed by atoms with Crippen LogP contribution in [-0.2, 0) is 10.4 Å². The Morgan fingerprint density at radius 3 is 2.68 bits per heavy atom. The average Bonchev–Trinajstić information content (AvgIpc) is 2.80. The first-order chi connectivity index (χ1) is 11.9. The molecule has 0 saturated carbocycles. The first-order valence-corrected chi connectivity index (χ1v) is 8.06. The van der Waals surface area contributed by atoms with Crippen LogP contribution in [0.1, 0.15) is 33.5 Å². The van der Waals surface area contributed by atoms with Crippen LogP contribution in [-0.4, -0.2) is 23.3 Å². The van der Waals surface area contributed by atoms with Gasteiger partial charge in [0.25, 0.3) is 5.91 Å². The van der Waals surface area contributed by atoms with Crippen LogP contribution in [0.3, 0.4) is 0 Å². The standard InChI is InChI=1S/C21H19NO3/c1-4-11-22-18-8-6-5-7-17(18)21(25,20(22)24)13-19(23)16-12-14(2)9-10-15(16)3/h1,5-10,12,25H,11,13H2,2-3H3. The molecule has 2 aromatic carbocycles. The van der Waals surface area contributed by atoms with Gasteiger partial charge in [-0.1, -0.05) is 41.8 Å². The number of fused-ring (bicyclic) bond motifs is 1. The van der Waals surface area contributed by atoms with E-state index in [1.807, 2.05) is 26.0 Å². The number of ketones is 1. The Morgan fingerprint density at radius 1 is 1.24 bits per heavy atom. The largest absolute Gasteiger partial charge is 0.375 e. The second kappa shape index (κ2) is 6.19. The topological polar surface area (TPSA) is 57.6 Å². The van der Waals surface area contributed by atoms with Gasteiger partial charge in [-0.05, 0) is 31.5 Å². The molecule has 1 aliphatic heterocycles. The summed E-state index contributed by atoms with van der Waals surface area (Å²) in [5.74, 6) is 1.61. The van der Waals surface area contributed by atoms with Crippen LogP contribution in [0.5, 0.6) is 0 Å². The van der Waals surface area contributed by atoms with Gasteiger partial charge in [0.1, 0.15) is 0 Å². The highest BCUT2D eigenvalue weighted by molar-refractivity contribution is 6.11. The number of carbonyl (C=O) groups excluding carboxylic acids is 2. The van der Waals surface area contributed by atoms with E-state index in [2.05, 4.69) is 5.92 Å². The van der Waals surface area contributed by atoms with Crippen molar-refractivity contribution in [1.29, 1.82) is 0 Å². The van der Waals surface area contributed by atoms with Crippen LogP contribution < -0.4 is 4.90 Å². The van der Waals surface area contributed by atoms with Gasteiger partial charge in [-0.15, -0.1) is 6.42 Å². The molecule has 0 aliphatic carbocycles. The third-order valence-electron chi connectivity index (χ3n) is 4.60. The van der Waals surface area contributed by atoms with E-state index in [-0.39, 0.29) is 18.7 Å². The molecule has 0 fully saturated rings. The fourth-order valence-corrected chi connectivity index (χ4v) is 3.29. The maximum atomic E-state index is 12.8. The molecule has 1 unspecified atom stereocenters. The SMILES string of the molecule is C#CCN1C(=O)C(O)(CC(=O)c2cc(C)ccc2C)c2ccccc21. The number of aliphatic hydroxyl groups is 1. The van der Waals surface area contributed by atoms with E-state index in [1.165, 1.54) is 4.90 Å². The molecule has 0 saturated heterocycles. The van der Waals surface area contributed by atoms with E-state index >= 15 is 0 Å². The van der Waals surface area contributed by atoms with Crippen molar-refractivity contribution < 1.29 is 14.7 Å². The number of hydrogen-bond donors (Lipinski definition) is 1. The molecule has 4 heteroatoms. The summed E-state index contributed by atoms with van der Waals surface area (Å²) in [7, 11) is 0. The van der Waals surface area contributed by atoms with Gasteiger partial charge >= 0.3 is 0 Å². The monoisotopic (exact) mass is 333 g/mol. The smallest absolute Gasteiger partial charge is 0.265 e. The van der Waals surface area contributed by atoms with Crippen molar-refractivity contribution in [2.45, 2.75) is 25.9 Å². The predicted molar refractivity (Wildman–Crippen MR) is 96.4 cm³/mol. The highest BCUT2D eigenvalue weighted by Crippen LogP contribution is 2.42. The van der Waals surface area contributed by atoms with E-state index < -0.39 is 11.5 Å². The third kappa shape index (κ3) is 2.73. The number of para-hydroxylation sites is 1. The summed E-state index contributed by atoms with van der Waals surface area (Å²) >= 11 is 0. The number of amides is 1. The second-order valence-electron chi connectivity index (χ2n) is 6.39. The van der Waals surface area contributed by atoms with Gasteiger partial charge in [0, 0.05) is 11.1 Å². The third-order valence-corrected chi connectivity index (χ3v) is 4.60. The fraction of sp³-hybridized carbons (Fsp3) is 0.238. The molecule has 0 aromatic heterocycles. The van der Waals surface area contributed by atoms with Crippen molar-refractivity contribution in [2.24, 2.45) is 0 Å². The van der Waals surface area contributed by atoms with Crippen molar-refractivity contribution in [3.63, 3.8) is 0 Å². The zero-order chi connectivity index (χ0) is 18.2. The number of rotatable bonds is 4.